The van der Waals surface area contributed by atoms with Gasteiger partial charge in [-0.1, -0.05) is 44.9 Å². The van der Waals surface area contributed by atoms with E-state index in [1.807, 2.05) is 24.3 Å². The van der Waals surface area contributed by atoms with Gasteiger partial charge in [-0.05, 0) is 24.5 Å². The lowest BCUT2D eigenvalue weighted by molar-refractivity contribution is -0.134. The molecule has 0 aromatic heterocycles. The van der Waals surface area contributed by atoms with Crippen molar-refractivity contribution < 1.29 is 9.53 Å². The molecule has 0 aliphatic carbocycles. The van der Waals surface area contributed by atoms with Crippen LogP contribution in [-0.2, 0) is 11.2 Å². The van der Waals surface area contributed by atoms with Crippen LogP contribution in [0.3, 0.4) is 0 Å². The maximum atomic E-state index is 11.5. The Bertz CT molecular complexity index is 331. The monoisotopic (exact) mass is 220 g/mol. The number of para-hydroxylation sites is 1. The molecule has 2 heteroatoms. The molecule has 0 spiro atoms. The lowest BCUT2D eigenvalue weighted by Gasteiger charge is -2.08. The molecule has 0 heterocycles. The van der Waals surface area contributed by atoms with Gasteiger partial charge >= 0.3 is 5.97 Å². The topological polar surface area (TPSA) is 26.3 Å². The van der Waals surface area contributed by atoms with Crippen LogP contribution in [0.1, 0.15) is 45.1 Å². The van der Waals surface area contributed by atoms with Gasteiger partial charge in [-0.2, -0.15) is 0 Å². The van der Waals surface area contributed by atoms with Crippen LogP contribution >= 0.6 is 0 Å². The zero-order valence-corrected chi connectivity index (χ0v) is 10.2. The fourth-order valence-electron chi connectivity index (χ4n) is 1.59. The number of ether oxygens (including phenoxy) is 1. The normalized spacial score (nSPS) is 10.1. The molecule has 0 atom stereocenters. The zero-order chi connectivity index (χ0) is 11.8. The van der Waals surface area contributed by atoms with Crippen LogP contribution in [0.5, 0.6) is 5.75 Å². The Kier molecular flexibility index (Phi) is 5.62. The predicted octanol–water partition coefficient (Wildman–Crippen LogP) is 3.73. The number of hydrogen-bond donors (Lipinski definition) is 0. The van der Waals surface area contributed by atoms with Crippen molar-refractivity contribution in [2.45, 2.75) is 46.0 Å². The highest BCUT2D eigenvalue weighted by Crippen LogP contribution is 2.19. The molecule has 0 saturated heterocycles. The van der Waals surface area contributed by atoms with Gasteiger partial charge in [-0.3, -0.25) is 4.79 Å². The predicted molar refractivity (Wildman–Crippen MR) is 65.6 cm³/mol. The highest BCUT2D eigenvalue weighted by Gasteiger charge is 2.07. The number of aryl methyl sites for hydroxylation is 1. The fraction of sp³-hybridized carbons (Fsp3) is 0.500. The van der Waals surface area contributed by atoms with Gasteiger partial charge in [0.2, 0.25) is 0 Å². The minimum Gasteiger partial charge on any atom is -0.426 e. The van der Waals surface area contributed by atoms with Gasteiger partial charge in [0, 0.05) is 6.42 Å². The zero-order valence-electron chi connectivity index (χ0n) is 10.2. The summed E-state index contributed by atoms with van der Waals surface area (Å²) in [5, 5.41) is 0. The van der Waals surface area contributed by atoms with Gasteiger partial charge in [-0.25, -0.2) is 0 Å². The summed E-state index contributed by atoms with van der Waals surface area (Å²) in [4.78, 5) is 11.5. The fourth-order valence-corrected chi connectivity index (χ4v) is 1.59. The molecule has 0 aliphatic heterocycles. The van der Waals surface area contributed by atoms with E-state index >= 15 is 0 Å². The van der Waals surface area contributed by atoms with Gasteiger partial charge in [0.05, 0.1) is 0 Å². The summed E-state index contributed by atoms with van der Waals surface area (Å²) in [6, 6.07) is 7.71. The first kappa shape index (κ1) is 12.8. The number of esters is 1. The van der Waals surface area contributed by atoms with Crippen LogP contribution in [0, 0.1) is 0 Å². The summed E-state index contributed by atoms with van der Waals surface area (Å²) in [7, 11) is 0. The Labute approximate surface area is 97.6 Å². The Morgan fingerprint density at radius 1 is 1.19 bits per heavy atom. The summed E-state index contributed by atoms with van der Waals surface area (Å²) in [5.41, 5.74) is 1.09. The average Bonchev–Trinajstić information content (AvgIpc) is 2.30. The van der Waals surface area contributed by atoms with E-state index in [9.17, 15) is 4.79 Å². The first-order valence-electron chi connectivity index (χ1n) is 6.06. The molecule has 0 radical (unpaired) electrons. The van der Waals surface area contributed by atoms with Crippen molar-refractivity contribution in [2.24, 2.45) is 0 Å². The van der Waals surface area contributed by atoms with Crippen LogP contribution in [0.15, 0.2) is 24.3 Å². The van der Waals surface area contributed by atoms with E-state index in [0.717, 1.165) is 31.2 Å². The van der Waals surface area contributed by atoms with Gasteiger partial charge in [-0.15, -0.1) is 0 Å². The minimum atomic E-state index is -0.116. The second-order valence-corrected chi connectivity index (χ2v) is 3.89. The van der Waals surface area contributed by atoms with E-state index in [0.29, 0.717) is 12.2 Å². The quantitative estimate of drug-likeness (QED) is 0.415. The van der Waals surface area contributed by atoms with Crippen LogP contribution in [-0.4, -0.2) is 5.97 Å². The SMILES string of the molecule is CCCCCC(=O)Oc1ccccc1CC. The van der Waals surface area contributed by atoms with E-state index in [-0.39, 0.29) is 5.97 Å². The lowest BCUT2D eigenvalue weighted by Crippen LogP contribution is -2.08. The highest BCUT2D eigenvalue weighted by atomic mass is 16.5. The number of rotatable bonds is 6. The summed E-state index contributed by atoms with van der Waals surface area (Å²) in [6.45, 7) is 4.18. The third-order valence-electron chi connectivity index (χ3n) is 2.56. The Morgan fingerprint density at radius 3 is 2.62 bits per heavy atom. The van der Waals surface area contributed by atoms with Crippen molar-refractivity contribution in [3.05, 3.63) is 29.8 Å². The van der Waals surface area contributed by atoms with E-state index in [1.165, 1.54) is 0 Å². The van der Waals surface area contributed by atoms with Crippen molar-refractivity contribution in [3.63, 3.8) is 0 Å². The van der Waals surface area contributed by atoms with Crippen LogP contribution in [0.4, 0.5) is 0 Å². The number of benzene rings is 1. The second kappa shape index (κ2) is 7.04. The maximum absolute atomic E-state index is 11.5. The first-order valence-corrected chi connectivity index (χ1v) is 6.06. The molecular weight excluding hydrogens is 200 g/mol. The molecule has 1 aromatic rings. The molecule has 0 fully saturated rings. The molecule has 88 valence electrons. The molecule has 0 amide bonds. The summed E-state index contributed by atoms with van der Waals surface area (Å²) >= 11 is 0. The highest BCUT2D eigenvalue weighted by molar-refractivity contribution is 5.72. The third kappa shape index (κ3) is 4.05. The molecule has 1 rings (SSSR count). The third-order valence-corrected chi connectivity index (χ3v) is 2.56. The molecule has 16 heavy (non-hydrogen) atoms. The number of hydrogen-bond acceptors (Lipinski definition) is 2. The van der Waals surface area contributed by atoms with E-state index < -0.39 is 0 Å². The van der Waals surface area contributed by atoms with Crippen molar-refractivity contribution in [3.8, 4) is 5.75 Å². The van der Waals surface area contributed by atoms with Crippen LogP contribution < -0.4 is 4.74 Å². The molecule has 1 aromatic carbocycles. The molecule has 2 nitrogen and oxygen atoms in total. The van der Waals surface area contributed by atoms with E-state index in [1.54, 1.807) is 0 Å². The molecule has 0 aliphatic rings. The van der Waals surface area contributed by atoms with Crippen molar-refractivity contribution in [1.82, 2.24) is 0 Å². The van der Waals surface area contributed by atoms with Crippen molar-refractivity contribution in [1.29, 1.82) is 0 Å². The van der Waals surface area contributed by atoms with Crippen molar-refractivity contribution in [2.75, 3.05) is 0 Å². The van der Waals surface area contributed by atoms with E-state index in [4.69, 9.17) is 4.74 Å². The number of carbonyl (C=O) groups is 1. The van der Waals surface area contributed by atoms with Crippen LogP contribution in [0.25, 0.3) is 0 Å². The Morgan fingerprint density at radius 2 is 1.94 bits per heavy atom. The van der Waals surface area contributed by atoms with Crippen LogP contribution in [0.2, 0.25) is 0 Å². The van der Waals surface area contributed by atoms with Gasteiger partial charge < -0.3 is 4.74 Å². The number of unbranched alkanes of at least 4 members (excludes halogenated alkanes) is 2. The minimum absolute atomic E-state index is 0.116. The molecule has 0 bridgehead atoms. The molecule has 0 unspecified atom stereocenters. The largest absolute Gasteiger partial charge is 0.426 e. The molecular formula is C14H20O2. The molecule has 0 N–H and O–H groups in total. The molecule has 0 saturated carbocycles. The summed E-state index contributed by atoms with van der Waals surface area (Å²) < 4.78 is 5.34. The average molecular weight is 220 g/mol. The van der Waals surface area contributed by atoms with Crippen molar-refractivity contribution >= 4 is 5.97 Å². The maximum Gasteiger partial charge on any atom is 0.311 e. The number of carbonyl (C=O) groups excluding carboxylic acids is 1. The van der Waals surface area contributed by atoms with Gasteiger partial charge in [0.1, 0.15) is 5.75 Å². The smallest absolute Gasteiger partial charge is 0.311 e. The van der Waals surface area contributed by atoms with Gasteiger partial charge in [0.25, 0.3) is 0 Å². The second-order valence-electron chi connectivity index (χ2n) is 3.89. The summed E-state index contributed by atoms with van der Waals surface area (Å²) in [5.74, 6) is 0.598. The standard InChI is InChI=1S/C14H20O2/c1-3-5-6-11-14(15)16-13-10-8-7-9-12(13)4-2/h7-10H,3-6,11H2,1-2H3. The lowest BCUT2D eigenvalue weighted by atomic mass is 10.1. The first-order chi connectivity index (χ1) is 7.77. The van der Waals surface area contributed by atoms with Gasteiger partial charge in [0.15, 0.2) is 0 Å². The Balaban J connectivity index is 2.49. The van der Waals surface area contributed by atoms with E-state index in [2.05, 4.69) is 13.8 Å². The summed E-state index contributed by atoms with van der Waals surface area (Å²) in [6.07, 6.45) is 4.54. The Hall–Kier alpha value is -1.31.